The maximum Gasteiger partial charge on any atom is 0.243 e. The predicted molar refractivity (Wildman–Crippen MR) is 129 cm³/mol. The first-order valence-corrected chi connectivity index (χ1v) is 13.3. The van der Waals surface area contributed by atoms with Gasteiger partial charge in [0, 0.05) is 23.0 Å². The predicted octanol–water partition coefficient (Wildman–Crippen LogP) is 5.02. The number of nitrogens with zero attached hydrogens (tertiary/aromatic N) is 1. The monoisotopic (exact) mass is 488 g/mol. The standard InChI is InChI=1S/C24H25ClN2O3S2/c25-20-10-8-19(9-11-20)24(22-5-4-16-31-22)26-23(28)17-18-6-12-21(13-7-18)32(29,30)27-14-2-1-3-15-27/h4-13,16,24H,1-3,14-15,17H2,(H,26,28). The van der Waals surface area contributed by atoms with E-state index in [1.807, 2.05) is 41.8 Å². The van der Waals surface area contributed by atoms with Crippen LogP contribution in [0.1, 0.15) is 41.3 Å². The molecule has 2 heterocycles. The van der Waals surface area contributed by atoms with Gasteiger partial charge in [-0.2, -0.15) is 4.31 Å². The Balaban J connectivity index is 1.45. The quantitative estimate of drug-likeness (QED) is 0.507. The van der Waals surface area contributed by atoms with Crippen molar-refractivity contribution in [2.24, 2.45) is 0 Å². The van der Waals surface area contributed by atoms with Crippen LogP contribution in [-0.4, -0.2) is 31.7 Å². The molecule has 1 unspecified atom stereocenters. The Kier molecular flexibility index (Phi) is 7.30. The van der Waals surface area contributed by atoms with E-state index >= 15 is 0 Å². The van der Waals surface area contributed by atoms with E-state index in [9.17, 15) is 13.2 Å². The summed E-state index contributed by atoms with van der Waals surface area (Å²) in [5, 5.41) is 5.72. The van der Waals surface area contributed by atoms with Crippen LogP contribution in [0.2, 0.25) is 5.02 Å². The van der Waals surface area contributed by atoms with Crippen LogP contribution in [0.3, 0.4) is 0 Å². The van der Waals surface area contributed by atoms with Gasteiger partial charge in [-0.15, -0.1) is 11.3 Å². The van der Waals surface area contributed by atoms with Crippen LogP contribution in [0.5, 0.6) is 0 Å². The molecule has 1 atom stereocenters. The van der Waals surface area contributed by atoms with Crippen LogP contribution < -0.4 is 5.32 Å². The van der Waals surface area contributed by atoms with E-state index in [0.717, 1.165) is 35.3 Å². The van der Waals surface area contributed by atoms with Crippen molar-refractivity contribution >= 4 is 38.9 Å². The van der Waals surface area contributed by atoms with Gasteiger partial charge in [0.25, 0.3) is 0 Å². The minimum Gasteiger partial charge on any atom is -0.344 e. The molecule has 8 heteroatoms. The maximum atomic E-state index is 12.8. The van der Waals surface area contributed by atoms with Gasteiger partial charge in [-0.05, 0) is 59.7 Å². The Morgan fingerprint density at radius 2 is 1.69 bits per heavy atom. The van der Waals surface area contributed by atoms with Gasteiger partial charge in [0.1, 0.15) is 0 Å². The fourth-order valence-corrected chi connectivity index (χ4v) is 6.31. The van der Waals surface area contributed by atoms with Crippen molar-refractivity contribution in [3.8, 4) is 0 Å². The van der Waals surface area contributed by atoms with Gasteiger partial charge in [0.05, 0.1) is 17.4 Å². The van der Waals surface area contributed by atoms with Crippen molar-refractivity contribution in [2.75, 3.05) is 13.1 Å². The molecule has 32 heavy (non-hydrogen) atoms. The molecule has 1 aliphatic heterocycles. The highest BCUT2D eigenvalue weighted by molar-refractivity contribution is 7.89. The summed E-state index contributed by atoms with van der Waals surface area (Å²) >= 11 is 7.60. The zero-order chi connectivity index (χ0) is 22.6. The van der Waals surface area contributed by atoms with Crippen LogP contribution in [0.15, 0.2) is 70.9 Å². The lowest BCUT2D eigenvalue weighted by Gasteiger charge is -2.25. The molecule has 1 N–H and O–H groups in total. The Labute approximate surface area is 198 Å². The zero-order valence-electron chi connectivity index (χ0n) is 17.5. The molecule has 0 aliphatic carbocycles. The van der Waals surface area contributed by atoms with Crippen molar-refractivity contribution in [3.05, 3.63) is 87.1 Å². The normalized spacial score (nSPS) is 15.9. The van der Waals surface area contributed by atoms with Crippen molar-refractivity contribution in [1.82, 2.24) is 9.62 Å². The summed E-state index contributed by atoms with van der Waals surface area (Å²) < 4.78 is 27.2. The zero-order valence-corrected chi connectivity index (χ0v) is 19.9. The van der Waals surface area contributed by atoms with Crippen molar-refractivity contribution in [3.63, 3.8) is 0 Å². The summed E-state index contributed by atoms with van der Waals surface area (Å²) in [6, 6.07) is 17.8. The van der Waals surface area contributed by atoms with Gasteiger partial charge in [-0.1, -0.05) is 48.4 Å². The fourth-order valence-electron chi connectivity index (χ4n) is 3.86. The van der Waals surface area contributed by atoms with E-state index in [1.54, 1.807) is 39.9 Å². The molecule has 1 saturated heterocycles. The molecule has 1 amide bonds. The second-order valence-corrected chi connectivity index (χ2v) is 11.2. The van der Waals surface area contributed by atoms with E-state index in [4.69, 9.17) is 11.6 Å². The van der Waals surface area contributed by atoms with Crippen LogP contribution in [0.25, 0.3) is 0 Å². The summed E-state index contributed by atoms with van der Waals surface area (Å²) in [6.45, 7) is 1.14. The van der Waals surface area contributed by atoms with E-state index in [-0.39, 0.29) is 23.3 Å². The number of carbonyl (C=O) groups is 1. The minimum absolute atomic E-state index is 0.134. The van der Waals surface area contributed by atoms with Gasteiger partial charge < -0.3 is 5.32 Å². The van der Waals surface area contributed by atoms with Gasteiger partial charge in [-0.25, -0.2) is 8.42 Å². The average Bonchev–Trinajstić information content (AvgIpc) is 3.34. The number of rotatable bonds is 7. The molecule has 1 aromatic heterocycles. The highest BCUT2D eigenvalue weighted by Crippen LogP contribution is 2.27. The third-order valence-corrected chi connectivity index (χ3v) is 8.68. The van der Waals surface area contributed by atoms with Gasteiger partial charge in [0.2, 0.25) is 15.9 Å². The summed E-state index contributed by atoms with van der Waals surface area (Å²) in [4.78, 5) is 14.1. The third-order valence-electron chi connectivity index (χ3n) is 5.58. The second kappa shape index (κ2) is 10.2. The SMILES string of the molecule is O=C(Cc1ccc(S(=O)(=O)N2CCCCC2)cc1)NC(c1ccc(Cl)cc1)c1cccs1. The molecule has 4 rings (SSSR count). The third kappa shape index (κ3) is 5.41. The number of benzene rings is 2. The van der Waals surface area contributed by atoms with Crippen LogP contribution in [-0.2, 0) is 21.2 Å². The molecule has 0 spiro atoms. The number of halogens is 1. The number of carbonyl (C=O) groups excluding carboxylic acids is 1. The van der Waals surface area contributed by atoms with Gasteiger partial charge in [0.15, 0.2) is 0 Å². The molecule has 3 aromatic rings. The number of thiophene rings is 1. The summed E-state index contributed by atoms with van der Waals surface area (Å²) in [5.74, 6) is -0.134. The number of sulfonamides is 1. The Bertz CT molecular complexity index is 1140. The van der Waals surface area contributed by atoms with E-state index < -0.39 is 10.0 Å². The molecule has 168 valence electrons. The van der Waals surface area contributed by atoms with Crippen molar-refractivity contribution < 1.29 is 13.2 Å². The van der Waals surface area contributed by atoms with Gasteiger partial charge in [-0.3, -0.25) is 4.79 Å². The summed E-state index contributed by atoms with van der Waals surface area (Å²) in [5.41, 5.74) is 1.72. The van der Waals surface area contributed by atoms with Crippen LogP contribution >= 0.6 is 22.9 Å². The largest absolute Gasteiger partial charge is 0.344 e. The number of hydrogen-bond acceptors (Lipinski definition) is 4. The second-order valence-electron chi connectivity index (χ2n) is 7.85. The molecule has 0 bridgehead atoms. The average molecular weight is 489 g/mol. The van der Waals surface area contributed by atoms with Crippen LogP contribution in [0, 0.1) is 0 Å². The Hall–Kier alpha value is -2.19. The lowest BCUT2D eigenvalue weighted by Crippen LogP contribution is -2.35. The molecule has 0 saturated carbocycles. The highest BCUT2D eigenvalue weighted by atomic mass is 35.5. The molecule has 2 aromatic carbocycles. The number of piperidine rings is 1. The van der Waals surface area contributed by atoms with E-state index in [1.165, 1.54) is 0 Å². The first kappa shape index (κ1) is 23.0. The molecule has 1 fully saturated rings. The van der Waals surface area contributed by atoms with Crippen LogP contribution in [0.4, 0.5) is 0 Å². The smallest absolute Gasteiger partial charge is 0.243 e. The van der Waals surface area contributed by atoms with E-state index in [0.29, 0.717) is 18.1 Å². The maximum absolute atomic E-state index is 12.8. The highest BCUT2D eigenvalue weighted by Gasteiger charge is 2.26. The fraction of sp³-hybridized carbons (Fsp3) is 0.292. The molecule has 1 aliphatic rings. The molecular weight excluding hydrogens is 464 g/mol. The first-order valence-electron chi connectivity index (χ1n) is 10.6. The van der Waals surface area contributed by atoms with Crippen molar-refractivity contribution in [2.45, 2.75) is 36.6 Å². The first-order chi connectivity index (χ1) is 15.4. The number of amides is 1. The molecule has 5 nitrogen and oxygen atoms in total. The lowest BCUT2D eigenvalue weighted by molar-refractivity contribution is -0.120. The van der Waals surface area contributed by atoms with Gasteiger partial charge >= 0.3 is 0 Å². The summed E-state index contributed by atoms with van der Waals surface area (Å²) in [6.07, 6.45) is 3.04. The molecule has 0 radical (unpaired) electrons. The minimum atomic E-state index is -3.47. The van der Waals surface area contributed by atoms with Crippen molar-refractivity contribution in [1.29, 1.82) is 0 Å². The number of hydrogen-bond donors (Lipinski definition) is 1. The Morgan fingerprint density at radius 3 is 2.31 bits per heavy atom. The molecular formula is C24H25ClN2O3S2. The summed E-state index contributed by atoms with van der Waals surface area (Å²) in [7, 11) is -3.47. The topological polar surface area (TPSA) is 66.5 Å². The van der Waals surface area contributed by atoms with E-state index in [2.05, 4.69) is 5.32 Å². The Morgan fingerprint density at radius 1 is 1.00 bits per heavy atom. The number of nitrogens with one attached hydrogen (secondary N) is 1. The lowest BCUT2D eigenvalue weighted by atomic mass is 10.0.